The Balaban J connectivity index is 2.12. The highest BCUT2D eigenvalue weighted by Crippen LogP contribution is 2.55. The first-order valence-electron chi connectivity index (χ1n) is 6.01. The van der Waals surface area contributed by atoms with Crippen LogP contribution in [0.1, 0.15) is 59.3 Å². The standard InChI is InChI=1S/C12H25P/c1-4-5-6-7-10-13-11(2)8-9-12(13)3/h11-12H,4-10H2,1-3H3. The number of rotatable bonds is 5. The molecule has 0 nitrogen and oxygen atoms in total. The molecule has 0 aromatic heterocycles. The van der Waals surface area contributed by atoms with Crippen LogP contribution in [0.5, 0.6) is 0 Å². The van der Waals surface area contributed by atoms with Crippen molar-refractivity contribution in [3.05, 3.63) is 0 Å². The fraction of sp³-hybridized carbons (Fsp3) is 1.00. The van der Waals surface area contributed by atoms with E-state index in [9.17, 15) is 0 Å². The van der Waals surface area contributed by atoms with Gasteiger partial charge in [0.25, 0.3) is 0 Å². The third-order valence-corrected chi connectivity index (χ3v) is 7.02. The second-order valence-corrected chi connectivity index (χ2v) is 7.81. The second-order valence-electron chi connectivity index (χ2n) is 4.57. The first-order valence-corrected chi connectivity index (χ1v) is 7.68. The van der Waals surface area contributed by atoms with Gasteiger partial charge in [0.05, 0.1) is 0 Å². The van der Waals surface area contributed by atoms with Crippen LogP contribution in [0.15, 0.2) is 0 Å². The summed E-state index contributed by atoms with van der Waals surface area (Å²) in [4.78, 5) is 0. The second kappa shape index (κ2) is 6.02. The van der Waals surface area contributed by atoms with E-state index in [4.69, 9.17) is 0 Å². The molecule has 1 saturated heterocycles. The summed E-state index contributed by atoms with van der Waals surface area (Å²) < 4.78 is 0. The lowest BCUT2D eigenvalue weighted by atomic mass is 10.2. The Morgan fingerprint density at radius 1 is 1.00 bits per heavy atom. The minimum Gasteiger partial charge on any atom is -0.101 e. The van der Waals surface area contributed by atoms with Crippen molar-refractivity contribution >= 4 is 7.92 Å². The Labute approximate surface area is 85.2 Å². The molecule has 0 aliphatic carbocycles. The van der Waals surface area contributed by atoms with Crippen LogP contribution in [0.25, 0.3) is 0 Å². The average molecular weight is 200 g/mol. The maximum Gasteiger partial charge on any atom is -0.0235 e. The average Bonchev–Trinajstić information content (AvgIpc) is 2.42. The van der Waals surface area contributed by atoms with Gasteiger partial charge >= 0.3 is 0 Å². The number of hydrogen-bond acceptors (Lipinski definition) is 0. The molecule has 0 radical (unpaired) electrons. The van der Waals surface area contributed by atoms with E-state index in [2.05, 4.69) is 20.8 Å². The fourth-order valence-electron chi connectivity index (χ4n) is 2.41. The van der Waals surface area contributed by atoms with Crippen molar-refractivity contribution in [2.45, 2.75) is 70.6 Å². The van der Waals surface area contributed by atoms with E-state index in [1.54, 1.807) is 6.16 Å². The van der Waals surface area contributed by atoms with Crippen molar-refractivity contribution in [3.8, 4) is 0 Å². The topological polar surface area (TPSA) is 0 Å². The van der Waals surface area contributed by atoms with Crippen LogP contribution in [0.2, 0.25) is 0 Å². The Morgan fingerprint density at radius 2 is 1.62 bits per heavy atom. The number of unbranched alkanes of at least 4 members (excludes halogenated alkanes) is 3. The molecule has 0 bridgehead atoms. The zero-order valence-corrected chi connectivity index (χ0v) is 10.4. The van der Waals surface area contributed by atoms with Crippen molar-refractivity contribution in [1.29, 1.82) is 0 Å². The maximum atomic E-state index is 2.48. The summed E-state index contributed by atoms with van der Waals surface area (Å²) in [6.07, 6.45) is 10.4. The summed E-state index contributed by atoms with van der Waals surface area (Å²) in [6.45, 7) is 7.26. The van der Waals surface area contributed by atoms with Gasteiger partial charge in [0, 0.05) is 0 Å². The van der Waals surface area contributed by atoms with E-state index in [-0.39, 0.29) is 0 Å². The van der Waals surface area contributed by atoms with Gasteiger partial charge in [0.15, 0.2) is 0 Å². The summed E-state index contributed by atoms with van der Waals surface area (Å²) in [6, 6.07) is 0. The minimum atomic E-state index is 0.416. The van der Waals surface area contributed by atoms with E-state index >= 15 is 0 Å². The molecule has 0 aromatic carbocycles. The Hall–Kier alpha value is 0.430. The quantitative estimate of drug-likeness (QED) is 0.448. The van der Waals surface area contributed by atoms with E-state index < -0.39 is 0 Å². The van der Waals surface area contributed by atoms with Crippen LogP contribution in [-0.4, -0.2) is 17.5 Å². The molecule has 1 heteroatoms. The van der Waals surface area contributed by atoms with Gasteiger partial charge in [-0.3, -0.25) is 0 Å². The van der Waals surface area contributed by atoms with Crippen molar-refractivity contribution in [1.82, 2.24) is 0 Å². The van der Waals surface area contributed by atoms with Gasteiger partial charge in [-0.05, 0) is 36.7 Å². The first-order chi connectivity index (χ1) is 6.25. The minimum absolute atomic E-state index is 0.416. The molecule has 1 rings (SSSR count). The summed E-state index contributed by atoms with van der Waals surface area (Å²) >= 11 is 0. The van der Waals surface area contributed by atoms with Gasteiger partial charge in [0.1, 0.15) is 0 Å². The molecule has 1 aliphatic heterocycles. The molecule has 78 valence electrons. The molecule has 1 aliphatic rings. The Bertz CT molecular complexity index is 123. The van der Waals surface area contributed by atoms with Crippen molar-refractivity contribution < 1.29 is 0 Å². The Kier molecular flexibility index (Phi) is 5.32. The molecule has 2 unspecified atom stereocenters. The van der Waals surface area contributed by atoms with Gasteiger partial charge in [-0.2, -0.15) is 0 Å². The van der Waals surface area contributed by atoms with Gasteiger partial charge in [-0.1, -0.05) is 40.0 Å². The lowest BCUT2D eigenvalue weighted by Gasteiger charge is -2.20. The third kappa shape index (κ3) is 3.58. The third-order valence-electron chi connectivity index (χ3n) is 3.40. The summed E-state index contributed by atoms with van der Waals surface area (Å²) in [5.74, 6) is 0. The Morgan fingerprint density at radius 3 is 2.15 bits per heavy atom. The molecular formula is C12H25P. The van der Waals surface area contributed by atoms with Crippen molar-refractivity contribution in [3.63, 3.8) is 0 Å². The van der Waals surface area contributed by atoms with E-state index in [1.165, 1.54) is 38.5 Å². The molecule has 1 heterocycles. The van der Waals surface area contributed by atoms with Crippen LogP contribution in [0.4, 0.5) is 0 Å². The highest BCUT2D eigenvalue weighted by molar-refractivity contribution is 7.59. The van der Waals surface area contributed by atoms with Crippen LogP contribution in [0.3, 0.4) is 0 Å². The lowest BCUT2D eigenvalue weighted by Crippen LogP contribution is -2.00. The van der Waals surface area contributed by atoms with Crippen LogP contribution in [-0.2, 0) is 0 Å². The summed E-state index contributed by atoms with van der Waals surface area (Å²) in [5, 5.41) is 0. The largest absolute Gasteiger partial charge is 0.101 e. The van der Waals surface area contributed by atoms with Crippen LogP contribution >= 0.6 is 7.92 Å². The molecule has 2 atom stereocenters. The summed E-state index contributed by atoms with van der Waals surface area (Å²) in [5.41, 5.74) is 2.15. The smallest absolute Gasteiger partial charge is 0.0235 e. The SMILES string of the molecule is CCCCCCP1C(C)CCC1C. The van der Waals surface area contributed by atoms with E-state index in [0.29, 0.717) is 7.92 Å². The molecule has 0 aromatic rings. The number of hydrogen-bond donors (Lipinski definition) is 0. The zero-order valence-electron chi connectivity index (χ0n) is 9.55. The fourth-order valence-corrected chi connectivity index (χ4v) is 5.71. The predicted molar refractivity (Wildman–Crippen MR) is 64.1 cm³/mol. The maximum absolute atomic E-state index is 2.48. The van der Waals surface area contributed by atoms with Gasteiger partial charge in [0.2, 0.25) is 0 Å². The molecule has 0 spiro atoms. The monoisotopic (exact) mass is 200 g/mol. The van der Waals surface area contributed by atoms with Gasteiger partial charge in [-0.15, -0.1) is 7.92 Å². The normalized spacial score (nSPS) is 33.9. The zero-order chi connectivity index (χ0) is 9.68. The molecule has 0 amide bonds. The highest BCUT2D eigenvalue weighted by atomic mass is 31.1. The molecule has 0 N–H and O–H groups in total. The molecular weight excluding hydrogens is 175 g/mol. The predicted octanol–water partition coefficient (Wildman–Crippen LogP) is 4.62. The van der Waals surface area contributed by atoms with Crippen molar-refractivity contribution in [2.75, 3.05) is 6.16 Å². The van der Waals surface area contributed by atoms with Crippen molar-refractivity contribution in [2.24, 2.45) is 0 Å². The van der Waals surface area contributed by atoms with E-state index in [1.807, 2.05) is 0 Å². The molecule has 13 heavy (non-hydrogen) atoms. The lowest BCUT2D eigenvalue weighted by molar-refractivity contribution is 0.703. The van der Waals surface area contributed by atoms with Crippen LogP contribution < -0.4 is 0 Å². The van der Waals surface area contributed by atoms with E-state index in [0.717, 1.165) is 11.3 Å². The molecule has 1 fully saturated rings. The highest BCUT2D eigenvalue weighted by Gasteiger charge is 2.28. The summed E-state index contributed by atoms with van der Waals surface area (Å²) in [7, 11) is 0.416. The first kappa shape index (κ1) is 11.5. The van der Waals surface area contributed by atoms with Crippen LogP contribution in [0, 0.1) is 0 Å². The molecule has 0 saturated carbocycles. The van der Waals surface area contributed by atoms with Gasteiger partial charge < -0.3 is 0 Å². The van der Waals surface area contributed by atoms with Gasteiger partial charge in [-0.25, -0.2) is 0 Å².